The molecule has 2 aliphatic heterocycles. The van der Waals surface area contributed by atoms with E-state index in [0.29, 0.717) is 6.04 Å². The van der Waals surface area contributed by atoms with E-state index < -0.39 is 0 Å². The molecule has 2 unspecified atom stereocenters. The highest BCUT2D eigenvalue weighted by atomic mass is 19.1. The second-order valence-electron chi connectivity index (χ2n) is 4.57. The van der Waals surface area contributed by atoms with Crippen LogP contribution in [0.4, 0.5) is 15.8 Å². The molecular formula is C12H15FN2. The lowest BCUT2D eigenvalue weighted by Gasteiger charge is -2.36. The van der Waals surface area contributed by atoms with E-state index in [0.717, 1.165) is 30.4 Å². The Morgan fingerprint density at radius 3 is 3.20 bits per heavy atom. The molecule has 1 saturated heterocycles. The van der Waals surface area contributed by atoms with Gasteiger partial charge in [-0.1, -0.05) is 6.92 Å². The van der Waals surface area contributed by atoms with E-state index in [9.17, 15) is 4.39 Å². The standard InChI is InChI=1S/C12H15FN2/c1-8-4-5-15-11-3-2-9(13)6-10(11)14-7-12(8)15/h2-3,6,8,12,14H,4-5,7H2,1H3. The Bertz CT molecular complexity index is 391. The third kappa shape index (κ3) is 1.29. The first-order valence-corrected chi connectivity index (χ1v) is 5.56. The lowest BCUT2D eigenvalue weighted by Crippen LogP contribution is -2.41. The second kappa shape index (κ2) is 3.12. The molecule has 2 nitrogen and oxygen atoms in total. The highest BCUT2D eigenvalue weighted by Crippen LogP contribution is 2.38. The zero-order valence-corrected chi connectivity index (χ0v) is 8.83. The van der Waals surface area contributed by atoms with E-state index in [4.69, 9.17) is 0 Å². The fourth-order valence-electron chi connectivity index (χ4n) is 2.73. The first kappa shape index (κ1) is 9.01. The summed E-state index contributed by atoms with van der Waals surface area (Å²) in [6.07, 6.45) is 1.24. The molecule has 1 fully saturated rings. The van der Waals surface area contributed by atoms with E-state index >= 15 is 0 Å². The molecule has 1 aromatic rings. The molecular weight excluding hydrogens is 191 g/mol. The maximum atomic E-state index is 13.1. The third-order valence-corrected chi connectivity index (χ3v) is 3.65. The van der Waals surface area contributed by atoms with Gasteiger partial charge in [-0.25, -0.2) is 4.39 Å². The van der Waals surface area contributed by atoms with E-state index in [1.807, 2.05) is 6.07 Å². The van der Waals surface area contributed by atoms with Crippen molar-refractivity contribution in [3.8, 4) is 0 Å². The molecule has 3 rings (SSSR count). The molecule has 0 spiro atoms. The number of benzene rings is 1. The van der Waals surface area contributed by atoms with Gasteiger partial charge in [0.1, 0.15) is 5.82 Å². The van der Waals surface area contributed by atoms with Gasteiger partial charge >= 0.3 is 0 Å². The van der Waals surface area contributed by atoms with Crippen LogP contribution in [0.2, 0.25) is 0 Å². The number of fused-ring (bicyclic) bond motifs is 3. The SMILES string of the molecule is CC1CCN2c3ccc(F)cc3NCC12. The van der Waals surface area contributed by atoms with Crippen LogP contribution in [-0.4, -0.2) is 19.1 Å². The van der Waals surface area contributed by atoms with Crippen LogP contribution < -0.4 is 10.2 Å². The summed E-state index contributed by atoms with van der Waals surface area (Å²) in [6, 6.07) is 5.62. The summed E-state index contributed by atoms with van der Waals surface area (Å²) in [5, 5.41) is 3.32. The van der Waals surface area contributed by atoms with Gasteiger partial charge < -0.3 is 10.2 Å². The number of nitrogens with zero attached hydrogens (tertiary/aromatic N) is 1. The summed E-state index contributed by atoms with van der Waals surface area (Å²) in [6.45, 7) is 4.34. The molecule has 0 amide bonds. The van der Waals surface area contributed by atoms with Crippen LogP contribution in [0.3, 0.4) is 0 Å². The van der Waals surface area contributed by atoms with Crippen LogP contribution >= 0.6 is 0 Å². The topological polar surface area (TPSA) is 15.3 Å². The molecule has 2 heterocycles. The number of nitrogens with one attached hydrogen (secondary N) is 1. The van der Waals surface area contributed by atoms with Crippen molar-refractivity contribution in [2.45, 2.75) is 19.4 Å². The van der Waals surface area contributed by atoms with E-state index in [1.165, 1.54) is 6.42 Å². The molecule has 0 radical (unpaired) electrons. The van der Waals surface area contributed by atoms with Gasteiger partial charge in [0.25, 0.3) is 0 Å². The van der Waals surface area contributed by atoms with Crippen molar-refractivity contribution in [3.63, 3.8) is 0 Å². The Hall–Kier alpha value is -1.25. The van der Waals surface area contributed by atoms with Gasteiger partial charge in [0.15, 0.2) is 0 Å². The number of hydrogen-bond donors (Lipinski definition) is 1. The lowest BCUT2D eigenvalue weighted by atomic mass is 10.0. The van der Waals surface area contributed by atoms with Gasteiger partial charge in [-0.15, -0.1) is 0 Å². The molecule has 2 aliphatic rings. The maximum Gasteiger partial charge on any atom is 0.125 e. The molecule has 0 aliphatic carbocycles. The predicted molar refractivity (Wildman–Crippen MR) is 59.8 cm³/mol. The Morgan fingerprint density at radius 1 is 1.47 bits per heavy atom. The molecule has 1 N–H and O–H groups in total. The summed E-state index contributed by atoms with van der Waals surface area (Å²) < 4.78 is 13.1. The maximum absolute atomic E-state index is 13.1. The zero-order chi connectivity index (χ0) is 10.4. The largest absolute Gasteiger partial charge is 0.381 e. The summed E-state index contributed by atoms with van der Waals surface area (Å²) in [5.41, 5.74) is 2.11. The fraction of sp³-hybridized carbons (Fsp3) is 0.500. The van der Waals surface area contributed by atoms with E-state index in [-0.39, 0.29) is 5.82 Å². The summed E-state index contributed by atoms with van der Waals surface area (Å²) in [4.78, 5) is 2.41. The average molecular weight is 206 g/mol. The van der Waals surface area contributed by atoms with Crippen LogP contribution in [0.15, 0.2) is 18.2 Å². The number of hydrogen-bond acceptors (Lipinski definition) is 2. The molecule has 80 valence electrons. The van der Waals surface area contributed by atoms with Crippen molar-refractivity contribution in [1.29, 1.82) is 0 Å². The third-order valence-electron chi connectivity index (χ3n) is 3.65. The summed E-state index contributed by atoms with van der Waals surface area (Å²) in [7, 11) is 0. The van der Waals surface area contributed by atoms with Crippen molar-refractivity contribution >= 4 is 11.4 Å². The number of anilines is 2. The van der Waals surface area contributed by atoms with Gasteiger partial charge in [0.2, 0.25) is 0 Å². The van der Waals surface area contributed by atoms with E-state index in [1.54, 1.807) is 12.1 Å². The van der Waals surface area contributed by atoms with Gasteiger partial charge in [-0.2, -0.15) is 0 Å². The van der Waals surface area contributed by atoms with Crippen molar-refractivity contribution in [2.24, 2.45) is 5.92 Å². The molecule has 0 saturated carbocycles. The lowest BCUT2D eigenvalue weighted by molar-refractivity contribution is 0.523. The number of halogens is 1. The Balaban J connectivity index is 2.02. The van der Waals surface area contributed by atoms with Gasteiger partial charge in [0.05, 0.1) is 11.4 Å². The van der Waals surface area contributed by atoms with Crippen molar-refractivity contribution in [3.05, 3.63) is 24.0 Å². The molecule has 15 heavy (non-hydrogen) atoms. The highest BCUT2D eigenvalue weighted by Gasteiger charge is 2.35. The minimum absolute atomic E-state index is 0.160. The first-order chi connectivity index (χ1) is 7.25. The monoisotopic (exact) mass is 206 g/mol. The first-order valence-electron chi connectivity index (χ1n) is 5.56. The quantitative estimate of drug-likeness (QED) is 0.701. The van der Waals surface area contributed by atoms with E-state index in [2.05, 4.69) is 17.1 Å². The van der Waals surface area contributed by atoms with Crippen molar-refractivity contribution in [1.82, 2.24) is 0 Å². The highest BCUT2D eigenvalue weighted by molar-refractivity contribution is 5.73. The normalized spacial score (nSPS) is 28.3. The Labute approximate surface area is 89.1 Å². The van der Waals surface area contributed by atoms with Crippen molar-refractivity contribution in [2.75, 3.05) is 23.3 Å². The average Bonchev–Trinajstić information content (AvgIpc) is 2.60. The molecule has 0 bridgehead atoms. The zero-order valence-electron chi connectivity index (χ0n) is 8.83. The van der Waals surface area contributed by atoms with Gasteiger partial charge in [0, 0.05) is 19.1 Å². The van der Waals surface area contributed by atoms with Gasteiger partial charge in [-0.05, 0) is 30.5 Å². The molecule has 3 heteroatoms. The minimum atomic E-state index is -0.160. The Kier molecular flexibility index (Phi) is 1.87. The smallest absolute Gasteiger partial charge is 0.125 e. The second-order valence-corrected chi connectivity index (χ2v) is 4.57. The molecule has 1 aromatic carbocycles. The van der Waals surface area contributed by atoms with Crippen molar-refractivity contribution < 1.29 is 4.39 Å². The molecule has 0 aromatic heterocycles. The summed E-state index contributed by atoms with van der Waals surface area (Å²) in [5.74, 6) is 0.572. The molecule has 2 atom stereocenters. The summed E-state index contributed by atoms with van der Waals surface area (Å²) >= 11 is 0. The predicted octanol–water partition coefficient (Wildman–Crippen LogP) is 2.47. The van der Waals surface area contributed by atoms with Crippen LogP contribution in [0.1, 0.15) is 13.3 Å². The van der Waals surface area contributed by atoms with Crippen LogP contribution in [0.25, 0.3) is 0 Å². The minimum Gasteiger partial charge on any atom is -0.381 e. The van der Waals surface area contributed by atoms with Crippen LogP contribution in [0, 0.1) is 11.7 Å². The Morgan fingerprint density at radius 2 is 2.33 bits per heavy atom. The number of rotatable bonds is 0. The van der Waals surface area contributed by atoms with Crippen LogP contribution in [-0.2, 0) is 0 Å². The fourth-order valence-corrected chi connectivity index (χ4v) is 2.73. The van der Waals surface area contributed by atoms with Crippen LogP contribution in [0.5, 0.6) is 0 Å². The van der Waals surface area contributed by atoms with Gasteiger partial charge in [-0.3, -0.25) is 0 Å².